The molecule has 8 aromatic rings. The van der Waals surface area contributed by atoms with Crippen LogP contribution in [0.3, 0.4) is 0 Å². The largest absolute Gasteiger partial charge is 1.00 e. The number of benzene rings is 4. The first-order valence-electron chi connectivity index (χ1n) is 12.2. The molecule has 0 saturated carbocycles. The Morgan fingerprint density at radius 3 is 1.38 bits per heavy atom. The third-order valence-electron chi connectivity index (χ3n) is 6.39. The normalized spacial score (nSPS) is 10.8. The summed E-state index contributed by atoms with van der Waals surface area (Å²) >= 11 is 12.6. The summed E-state index contributed by atoms with van der Waals surface area (Å²) in [5, 5.41) is 11.0. The summed E-state index contributed by atoms with van der Waals surface area (Å²) < 4.78 is 7.79. The van der Waals surface area contributed by atoms with Gasteiger partial charge in [0.2, 0.25) is 0 Å². The van der Waals surface area contributed by atoms with E-state index in [-0.39, 0.29) is 30.2 Å². The molecule has 8 heteroatoms. The van der Waals surface area contributed by atoms with Gasteiger partial charge >= 0.3 is 41.9 Å². The van der Waals surface area contributed by atoms with Gasteiger partial charge < -0.3 is 24.8 Å². The predicted octanol–water partition coefficient (Wildman–Crippen LogP) is 6.17. The average molecular weight is 821 g/mol. The van der Waals surface area contributed by atoms with Gasteiger partial charge in [-0.1, -0.05) is 65.5 Å². The molecule has 0 saturated heterocycles. The van der Waals surface area contributed by atoms with Crippen molar-refractivity contribution in [1.82, 2.24) is 0 Å². The number of hydrogen-bond donors (Lipinski definition) is 0. The Balaban J connectivity index is 0.000000157. The van der Waals surface area contributed by atoms with E-state index in [9.17, 15) is 0 Å². The van der Waals surface area contributed by atoms with Gasteiger partial charge in [0.15, 0.2) is 0 Å². The molecule has 0 atom stereocenters. The van der Waals surface area contributed by atoms with E-state index in [1.165, 1.54) is 61.9 Å². The maximum atomic E-state index is 3.53. The molecule has 0 bridgehead atoms. The summed E-state index contributed by atoms with van der Waals surface area (Å²) in [7, 11) is 0. The molecule has 0 aliphatic heterocycles. The molecule has 0 amide bonds. The first-order chi connectivity index (χ1) is 18.4. The first-order valence-corrected chi connectivity index (χ1v) is 21.6. The standard InChI is InChI=1S/2C15H8BrS.C2H6Si.2ClH.Zr/c2*16-10-5-6-12-13(8-10)17-14-7-9-3-1-2-4-11(9)15(12)14;1-3-2;;;/h2*1-8H;1-2H3;2*1H;/q2*-1;;;;+2/p-2. The predicted molar refractivity (Wildman–Crippen MR) is 178 cm³/mol. The van der Waals surface area contributed by atoms with Gasteiger partial charge in [0, 0.05) is 18.3 Å². The number of hydrogen-bond acceptors (Lipinski definition) is 2. The van der Waals surface area contributed by atoms with E-state index in [1.54, 1.807) is 23.3 Å². The summed E-state index contributed by atoms with van der Waals surface area (Å²) in [6.07, 6.45) is 0. The van der Waals surface area contributed by atoms with Crippen LogP contribution >= 0.6 is 54.5 Å². The van der Waals surface area contributed by atoms with Crippen LogP contribution in [-0.2, 0) is 23.3 Å². The minimum atomic E-state index is 0. The van der Waals surface area contributed by atoms with Gasteiger partial charge in [0.25, 0.3) is 0 Å². The number of thiophene rings is 2. The van der Waals surface area contributed by atoms with Crippen LogP contribution in [0.5, 0.6) is 0 Å². The van der Waals surface area contributed by atoms with Crippen molar-refractivity contribution in [2.75, 3.05) is 0 Å². The fraction of sp³-hybridized carbons (Fsp3) is 0.0625. The van der Waals surface area contributed by atoms with Gasteiger partial charge in [-0.05, 0) is 35.0 Å². The topological polar surface area (TPSA) is 0 Å². The molecule has 6 aromatic carbocycles. The number of rotatable bonds is 0. The fourth-order valence-corrected chi connectivity index (χ4v) is 8.37. The molecule has 0 aliphatic rings. The summed E-state index contributed by atoms with van der Waals surface area (Å²) in [6, 6.07) is 34.9. The minimum Gasteiger partial charge on any atom is -1.00 e. The van der Waals surface area contributed by atoms with Crippen molar-refractivity contribution >= 4 is 122 Å². The second-order valence-electron chi connectivity index (χ2n) is 9.43. The molecule has 0 radical (unpaired) electrons. The third kappa shape index (κ3) is 6.40. The van der Waals surface area contributed by atoms with E-state index >= 15 is 0 Å². The van der Waals surface area contributed by atoms with E-state index in [2.05, 4.69) is 142 Å². The van der Waals surface area contributed by atoms with Crippen LogP contribution in [0.25, 0.3) is 61.9 Å². The molecular formula is C32H22Br2Cl2S2SiZr-2. The van der Waals surface area contributed by atoms with Gasteiger partial charge in [0.1, 0.15) is 0 Å². The van der Waals surface area contributed by atoms with Gasteiger partial charge in [-0.2, -0.15) is 22.7 Å². The smallest absolute Gasteiger partial charge is 1.00 e. The van der Waals surface area contributed by atoms with Crippen molar-refractivity contribution < 1.29 is 48.1 Å². The summed E-state index contributed by atoms with van der Waals surface area (Å²) in [4.78, 5) is 0. The molecule has 2 heterocycles. The van der Waals surface area contributed by atoms with Gasteiger partial charge in [-0.3, -0.25) is 0 Å². The summed E-state index contributed by atoms with van der Waals surface area (Å²) in [5.74, 6) is 0. The molecule has 0 fully saturated rings. The van der Waals surface area contributed by atoms with E-state index in [0.29, 0.717) is 0 Å². The number of halogens is 4. The molecule has 0 nitrogen and oxygen atoms in total. The Labute approximate surface area is 285 Å². The van der Waals surface area contributed by atoms with Crippen LogP contribution in [0.15, 0.2) is 106 Å². The van der Waals surface area contributed by atoms with E-state index in [0.717, 1.165) is 8.95 Å². The zero-order chi connectivity index (χ0) is 26.4. The van der Waals surface area contributed by atoms with Crippen molar-refractivity contribution in [3.63, 3.8) is 0 Å². The summed E-state index contributed by atoms with van der Waals surface area (Å²) in [5.41, 5.74) is 0.210. The second kappa shape index (κ2) is 13.7. The molecule has 2 aromatic heterocycles. The van der Waals surface area contributed by atoms with Crippen LogP contribution in [0, 0.1) is 0 Å². The van der Waals surface area contributed by atoms with Crippen molar-refractivity contribution in [2.24, 2.45) is 0 Å². The molecule has 0 spiro atoms. The van der Waals surface area contributed by atoms with Crippen molar-refractivity contribution in [3.05, 3.63) is 106 Å². The van der Waals surface area contributed by atoms with E-state index in [1.807, 2.05) is 22.7 Å². The molecule has 200 valence electrons. The van der Waals surface area contributed by atoms with Gasteiger partial charge in [0.05, 0.1) is 0 Å². The van der Waals surface area contributed by atoms with Crippen LogP contribution < -0.4 is 24.8 Å². The molecule has 40 heavy (non-hydrogen) atoms. The van der Waals surface area contributed by atoms with Crippen LogP contribution in [0.4, 0.5) is 0 Å². The van der Waals surface area contributed by atoms with E-state index < -0.39 is 0 Å². The van der Waals surface area contributed by atoms with E-state index in [4.69, 9.17) is 0 Å². The average Bonchev–Trinajstić information content (AvgIpc) is 3.60. The van der Waals surface area contributed by atoms with Crippen LogP contribution in [-0.4, -0.2) is 5.43 Å². The second-order valence-corrected chi connectivity index (χ2v) is 22.8. The van der Waals surface area contributed by atoms with Crippen molar-refractivity contribution in [3.8, 4) is 0 Å². The Kier molecular flexibility index (Phi) is 11.0. The fourth-order valence-electron chi connectivity index (χ4n) is 4.92. The molecule has 8 rings (SSSR count). The quantitative estimate of drug-likeness (QED) is 0.127. The number of fused-ring (bicyclic) bond motifs is 10. The maximum Gasteiger partial charge on any atom is -1.00 e. The van der Waals surface area contributed by atoms with Crippen molar-refractivity contribution in [2.45, 2.75) is 13.1 Å². The summed E-state index contributed by atoms with van der Waals surface area (Å²) in [6.45, 7) is 4.62. The molecule has 0 N–H and O–H groups in total. The van der Waals surface area contributed by atoms with Gasteiger partial charge in [-0.25, -0.2) is 0 Å². The Bertz CT molecular complexity index is 1970. The molecular weight excluding hydrogens is 799 g/mol. The Morgan fingerprint density at radius 2 is 0.975 bits per heavy atom. The Morgan fingerprint density at radius 1 is 0.600 bits per heavy atom. The van der Waals surface area contributed by atoms with Crippen LogP contribution in [0.2, 0.25) is 13.1 Å². The zero-order valence-corrected chi connectivity index (χ0v) is 31.3. The van der Waals surface area contributed by atoms with Crippen LogP contribution in [0.1, 0.15) is 0 Å². The maximum absolute atomic E-state index is 3.53. The van der Waals surface area contributed by atoms with Gasteiger partial charge in [-0.15, -0.1) is 80.8 Å². The SMILES string of the molecule is Brc1ccc2c(c1)sc1[cH-]c3ccccc3c12.Brc1ccc2c(c1)sc1[cH-]c3ccccc3c12.C[Si](C)=[Zr+2].[Cl-].[Cl-]. The molecule has 0 aliphatic carbocycles. The monoisotopic (exact) mass is 816 g/mol. The Hall–Kier alpha value is -0.820. The minimum absolute atomic E-state index is 0. The molecule has 0 unspecified atom stereocenters. The first kappa shape index (κ1) is 32.1. The van der Waals surface area contributed by atoms with Crippen molar-refractivity contribution in [1.29, 1.82) is 0 Å². The third-order valence-corrected chi connectivity index (χ3v) is 9.58. The zero-order valence-electron chi connectivity index (χ0n) is 21.6.